The first-order chi connectivity index (χ1) is 11.1. The number of nitrogens with zero attached hydrogens (tertiary/aromatic N) is 2. The molecule has 1 atom stereocenters. The molecule has 6 nitrogen and oxygen atoms in total. The molecule has 2 amide bonds. The molecule has 0 saturated carbocycles. The lowest BCUT2D eigenvalue weighted by molar-refractivity contribution is 0.0933. The minimum absolute atomic E-state index is 0.0916. The number of likely N-dealkylation sites (tertiary alicyclic amines) is 2. The summed E-state index contributed by atoms with van der Waals surface area (Å²) in [6, 6.07) is 0.927. The van der Waals surface area contributed by atoms with Crippen molar-refractivity contribution >= 4 is 6.03 Å². The van der Waals surface area contributed by atoms with Gasteiger partial charge in [0.25, 0.3) is 0 Å². The molecular weight excluding hydrogens is 292 g/mol. The molecule has 0 bridgehead atoms. The number of hydrogen-bond acceptors (Lipinski definition) is 4. The number of urea groups is 1. The van der Waals surface area contributed by atoms with Crippen molar-refractivity contribution in [2.24, 2.45) is 0 Å². The quantitative estimate of drug-likeness (QED) is 0.681. The van der Waals surface area contributed by atoms with Crippen LogP contribution in [0.5, 0.6) is 0 Å². The van der Waals surface area contributed by atoms with Crippen LogP contribution >= 0.6 is 0 Å². The summed E-state index contributed by atoms with van der Waals surface area (Å²) >= 11 is 0. The molecule has 2 fully saturated rings. The Morgan fingerprint density at radius 3 is 2.43 bits per heavy atom. The van der Waals surface area contributed by atoms with Crippen molar-refractivity contribution in [1.29, 1.82) is 0 Å². The van der Waals surface area contributed by atoms with Gasteiger partial charge >= 0.3 is 6.03 Å². The van der Waals surface area contributed by atoms with E-state index in [9.17, 15) is 9.90 Å². The third kappa shape index (κ3) is 6.28. The number of hydrogen-bond donors (Lipinski definition) is 3. The maximum atomic E-state index is 11.9. The molecule has 0 radical (unpaired) electrons. The largest absolute Gasteiger partial charge is 0.393 e. The Balaban J connectivity index is 1.60. The molecule has 0 aliphatic carbocycles. The van der Waals surface area contributed by atoms with Crippen LogP contribution in [-0.4, -0.2) is 78.9 Å². The Hall–Kier alpha value is -0.850. The molecule has 3 N–H and O–H groups in total. The van der Waals surface area contributed by atoms with Crippen molar-refractivity contribution in [3.05, 3.63) is 0 Å². The van der Waals surface area contributed by atoms with Gasteiger partial charge in [0.1, 0.15) is 0 Å². The zero-order valence-corrected chi connectivity index (χ0v) is 14.8. The van der Waals surface area contributed by atoms with Crippen LogP contribution < -0.4 is 10.6 Å². The van der Waals surface area contributed by atoms with Crippen molar-refractivity contribution in [3.63, 3.8) is 0 Å². The highest BCUT2D eigenvalue weighted by Gasteiger charge is 2.27. The van der Waals surface area contributed by atoms with Crippen LogP contribution in [-0.2, 0) is 0 Å². The van der Waals surface area contributed by atoms with Crippen LogP contribution in [0.15, 0.2) is 0 Å². The molecule has 0 spiro atoms. The Labute approximate surface area is 140 Å². The number of amides is 2. The molecule has 0 aromatic heterocycles. The molecule has 0 aromatic carbocycles. The number of carbonyl (C=O) groups excluding carboxylic acids is 1. The predicted octanol–water partition coefficient (Wildman–Crippen LogP) is 1.01. The molecular formula is C17H34N4O2. The highest BCUT2D eigenvalue weighted by Crippen LogP contribution is 2.20. The van der Waals surface area contributed by atoms with Gasteiger partial charge in [-0.25, -0.2) is 4.79 Å². The molecule has 134 valence electrons. The van der Waals surface area contributed by atoms with E-state index in [1.54, 1.807) is 0 Å². The fourth-order valence-corrected chi connectivity index (χ4v) is 3.56. The van der Waals surface area contributed by atoms with Crippen LogP contribution in [0.3, 0.4) is 0 Å². The molecule has 0 aromatic rings. The SMILES string of the molecule is CCC(O)CCNC(=O)NC1CCN(C2CCN(C)CC2)CC1. The number of nitrogens with one attached hydrogen (secondary N) is 2. The molecule has 2 heterocycles. The molecule has 6 heteroatoms. The predicted molar refractivity (Wildman–Crippen MR) is 92.6 cm³/mol. The Morgan fingerprint density at radius 2 is 1.83 bits per heavy atom. The Morgan fingerprint density at radius 1 is 1.17 bits per heavy atom. The molecule has 2 saturated heterocycles. The van der Waals surface area contributed by atoms with Crippen molar-refractivity contribution in [3.8, 4) is 0 Å². The van der Waals surface area contributed by atoms with E-state index in [1.165, 1.54) is 25.9 Å². The highest BCUT2D eigenvalue weighted by atomic mass is 16.3. The number of aliphatic hydroxyl groups is 1. The summed E-state index contributed by atoms with van der Waals surface area (Å²) in [6.07, 6.45) is 5.67. The fourth-order valence-electron chi connectivity index (χ4n) is 3.56. The zero-order chi connectivity index (χ0) is 16.7. The fraction of sp³-hybridized carbons (Fsp3) is 0.941. The van der Waals surface area contributed by atoms with Gasteiger partial charge in [0, 0.05) is 31.7 Å². The van der Waals surface area contributed by atoms with Gasteiger partial charge in [-0.2, -0.15) is 0 Å². The molecule has 1 unspecified atom stereocenters. The maximum absolute atomic E-state index is 11.9. The van der Waals surface area contributed by atoms with Crippen LogP contribution in [0.1, 0.15) is 45.4 Å². The number of carbonyl (C=O) groups is 1. The summed E-state index contributed by atoms with van der Waals surface area (Å²) in [5, 5.41) is 15.4. The molecule has 2 rings (SSSR count). The summed E-state index contributed by atoms with van der Waals surface area (Å²) in [5.41, 5.74) is 0. The lowest BCUT2D eigenvalue weighted by Gasteiger charge is -2.41. The molecule has 2 aliphatic rings. The number of aliphatic hydroxyl groups excluding tert-OH is 1. The van der Waals surface area contributed by atoms with Gasteiger partial charge in [-0.15, -0.1) is 0 Å². The lowest BCUT2D eigenvalue weighted by atomic mass is 9.98. The van der Waals surface area contributed by atoms with Gasteiger partial charge in [0.2, 0.25) is 0 Å². The summed E-state index contributed by atoms with van der Waals surface area (Å²) in [5.74, 6) is 0. The van der Waals surface area contributed by atoms with Gasteiger partial charge in [0.15, 0.2) is 0 Å². The van der Waals surface area contributed by atoms with Gasteiger partial charge in [0.05, 0.1) is 6.10 Å². The van der Waals surface area contributed by atoms with Crippen molar-refractivity contribution in [2.45, 2.75) is 63.6 Å². The van der Waals surface area contributed by atoms with E-state index in [0.717, 1.165) is 38.4 Å². The van der Waals surface area contributed by atoms with E-state index in [-0.39, 0.29) is 18.2 Å². The average Bonchev–Trinajstić information content (AvgIpc) is 2.56. The summed E-state index contributed by atoms with van der Waals surface area (Å²) in [4.78, 5) is 16.9. The zero-order valence-electron chi connectivity index (χ0n) is 14.8. The highest BCUT2D eigenvalue weighted by molar-refractivity contribution is 5.74. The van der Waals surface area contributed by atoms with Gasteiger partial charge in [-0.3, -0.25) is 0 Å². The van der Waals surface area contributed by atoms with Gasteiger partial charge in [-0.05, 0) is 58.7 Å². The topological polar surface area (TPSA) is 67.8 Å². The second-order valence-electron chi connectivity index (χ2n) is 7.10. The monoisotopic (exact) mass is 326 g/mol. The first-order valence-electron chi connectivity index (χ1n) is 9.23. The molecule has 2 aliphatic heterocycles. The smallest absolute Gasteiger partial charge is 0.315 e. The third-order valence-corrected chi connectivity index (χ3v) is 5.30. The van der Waals surface area contributed by atoms with Crippen molar-refractivity contribution in [2.75, 3.05) is 39.8 Å². The molecule has 23 heavy (non-hydrogen) atoms. The first kappa shape index (κ1) is 18.5. The van der Waals surface area contributed by atoms with Crippen LogP contribution in [0.4, 0.5) is 4.79 Å². The number of piperidine rings is 2. The van der Waals surface area contributed by atoms with Gasteiger partial charge in [-0.1, -0.05) is 6.92 Å². The number of rotatable bonds is 6. The summed E-state index contributed by atoms with van der Waals surface area (Å²) < 4.78 is 0. The normalized spacial score (nSPS) is 23.6. The van der Waals surface area contributed by atoms with E-state index < -0.39 is 0 Å². The lowest BCUT2D eigenvalue weighted by Crippen LogP contribution is -2.52. The van der Waals surface area contributed by atoms with Gasteiger partial charge < -0.3 is 25.5 Å². The van der Waals surface area contributed by atoms with Crippen LogP contribution in [0, 0.1) is 0 Å². The van der Waals surface area contributed by atoms with E-state index >= 15 is 0 Å². The average molecular weight is 326 g/mol. The van der Waals surface area contributed by atoms with Crippen LogP contribution in [0.2, 0.25) is 0 Å². The Bertz CT molecular complexity index is 351. The van der Waals surface area contributed by atoms with E-state index in [1.807, 2.05) is 6.92 Å². The maximum Gasteiger partial charge on any atom is 0.315 e. The second-order valence-corrected chi connectivity index (χ2v) is 7.10. The minimum Gasteiger partial charge on any atom is -0.393 e. The van der Waals surface area contributed by atoms with Crippen molar-refractivity contribution < 1.29 is 9.90 Å². The van der Waals surface area contributed by atoms with E-state index in [0.29, 0.717) is 13.0 Å². The minimum atomic E-state index is -0.312. The third-order valence-electron chi connectivity index (χ3n) is 5.30. The standard InChI is InChI=1S/C17H34N4O2/c1-3-16(22)4-9-18-17(23)19-14-5-12-21(13-6-14)15-7-10-20(2)11-8-15/h14-16,22H,3-13H2,1-2H3,(H2,18,19,23). The summed E-state index contributed by atoms with van der Waals surface area (Å²) in [7, 11) is 2.20. The second kappa shape index (κ2) is 9.45. The Kier molecular flexibility index (Phi) is 7.59. The van der Waals surface area contributed by atoms with Crippen LogP contribution in [0.25, 0.3) is 0 Å². The van der Waals surface area contributed by atoms with E-state index in [4.69, 9.17) is 0 Å². The first-order valence-corrected chi connectivity index (χ1v) is 9.23. The van der Waals surface area contributed by atoms with Crippen molar-refractivity contribution in [1.82, 2.24) is 20.4 Å². The summed E-state index contributed by atoms with van der Waals surface area (Å²) in [6.45, 7) is 7.07. The van der Waals surface area contributed by atoms with E-state index in [2.05, 4.69) is 27.5 Å².